The van der Waals surface area contributed by atoms with Crippen LogP contribution in [0.5, 0.6) is 0 Å². The van der Waals surface area contributed by atoms with Gasteiger partial charge in [-0.3, -0.25) is 0 Å². The van der Waals surface area contributed by atoms with E-state index in [0.717, 1.165) is 41.7 Å². The number of para-hydroxylation sites is 2. The fraction of sp³-hybridized carbons (Fsp3) is 0.462. The summed E-state index contributed by atoms with van der Waals surface area (Å²) in [6, 6.07) is 7.89. The Labute approximate surface area is 118 Å². The first-order chi connectivity index (χ1) is 8.33. The Balaban J connectivity index is 0.00000162. The van der Waals surface area contributed by atoms with Gasteiger partial charge in [0, 0.05) is 12.3 Å². The molecule has 5 heteroatoms. The van der Waals surface area contributed by atoms with Crippen molar-refractivity contribution in [1.29, 1.82) is 0 Å². The summed E-state index contributed by atoms with van der Waals surface area (Å²) in [5, 5.41) is 0.776. The normalized spacial score (nSPS) is 10.8. The Morgan fingerprint density at radius 2 is 1.94 bits per heavy atom. The SMILES string of the molecule is CCN(CC)CCSc1nc2ccccc2o1.Cl. The summed E-state index contributed by atoms with van der Waals surface area (Å²) >= 11 is 1.69. The van der Waals surface area contributed by atoms with Crippen molar-refractivity contribution in [3.05, 3.63) is 24.3 Å². The minimum absolute atomic E-state index is 0. The summed E-state index contributed by atoms with van der Waals surface area (Å²) in [5.41, 5.74) is 1.82. The number of rotatable bonds is 6. The topological polar surface area (TPSA) is 29.3 Å². The maximum Gasteiger partial charge on any atom is 0.256 e. The first-order valence-electron chi connectivity index (χ1n) is 6.04. The van der Waals surface area contributed by atoms with Crippen molar-refractivity contribution in [2.75, 3.05) is 25.4 Å². The molecule has 0 unspecified atom stereocenters. The van der Waals surface area contributed by atoms with Crippen molar-refractivity contribution in [2.24, 2.45) is 0 Å². The smallest absolute Gasteiger partial charge is 0.256 e. The van der Waals surface area contributed by atoms with Gasteiger partial charge in [-0.15, -0.1) is 12.4 Å². The number of oxazole rings is 1. The highest BCUT2D eigenvalue weighted by Gasteiger charge is 2.06. The van der Waals surface area contributed by atoms with Crippen LogP contribution in [0, 0.1) is 0 Å². The predicted octanol–water partition coefficient (Wildman–Crippen LogP) is 3.68. The molecule has 0 N–H and O–H groups in total. The molecule has 1 aromatic carbocycles. The van der Waals surface area contributed by atoms with E-state index < -0.39 is 0 Å². The van der Waals surface area contributed by atoms with Crippen LogP contribution in [0.25, 0.3) is 11.1 Å². The van der Waals surface area contributed by atoms with Crippen LogP contribution in [0.4, 0.5) is 0 Å². The summed E-state index contributed by atoms with van der Waals surface area (Å²) in [6.07, 6.45) is 0. The highest BCUT2D eigenvalue weighted by Crippen LogP contribution is 2.22. The Morgan fingerprint density at radius 3 is 2.61 bits per heavy atom. The molecule has 0 aliphatic rings. The minimum Gasteiger partial charge on any atom is -0.431 e. The summed E-state index contributed by atoms with van der Waals surface area (Å²) in [7, 11) is 0. The molecule has 0 atom stereocenters. The van der Waals surface area contributed by atoms with Crippen LogP contribution in [0.2, 0.25) is 0 Å². The fourth-order valence-corrected chi connectivity index (χ4v) is 2.55. The summed E-state index contributed by atoms with van der Waals surface area (Å²) < 4.78 is 5.65. The lowest BCUT2D eigenvalue weighted by molar-refractivity contribution is 0.323. The van der Waals surface area contributed by atoms with Crippen molar-refractivity contribution in [2.45, 2.75) is 19.1 Å². The second-order valence-electron chi connectivity index (χ2n) is 3.82. The Hall–Kier alpha value is -0.710. The first-order valence-corrected chi connectivity index (χ1v) is 7.02. The Morgan fingerprint density at radius 1 is 1.22 bits per heavy atom. The van der Waals surface area contributed by atoms with Gasteiger partial charge in [0.05, 0.1) is 0 Å². The number of halogens is 1. The largest absolute Gasteiger partial charge is 0.431 e. The number of thioether (sulfide) groups is 1. The molecule has 0 saturated carbocycles. The lowest BCUT2D eigenvalue weighted by Crippen LogP contribution is -2.25. The Kier molecular flexibility index (Phi) is 6.54. The van der Waals surface area contributed by atoms with E-state index in [2.05, 4.69) is 23.7 Å². The van der Waals surface area contributed by atoms with Crippen molar-refractivity contribution < 1.29 is 4.42 Å². The third-order valence-corrected chi connectivity index (χ3v) is 3.61. The molecule has 0 aliphatic carbocycles. The molecule has 0 radical (unpaired) electrons. The molecule has 18 heavy (non-hydrogen) atoms. The molecule has 2 rings (SSSR count). The molecule has 3 nitrogen and oxygen atoms in total. The van der Waals surface area contributed by atoms with E-state index in [-0.39, 0.29) is 12.4 Å². The third kappa shape index (κ3) is 3.90. The van der Waals surface area contributed by atoms with Crippen LogP contribution in [-0.2, 0) is 0 Å². The highest BCUT2D eigenvalue weighted by molar-refractivity contribution is 7.99. The molecule has 0 bridgehead atoms. The lowest BCUT2D eigenvalue weighted by atomic mass is 10.3. The quantitative estimate of drug-likeness (QED) is 0.758. The van der Waals surface area contributed by atoms with Crippen LogP contribution in [0.3, 0.4) is 0 Å². The minimum atomic E-state index is 0. The van der Waals surface area contributed by atoms with E-state index in [4.69, 9.17) is 4.42 Å². The van der Waals surface area contributed by atoms with Crippen LogP contribution in [-0.4, -0.2) is 35.3 Å². The number of hydrogen-bond acceptors (Lipinski definition) is 4. The highest BCUT2D eigenvalue weighted by atomic mass is 35.5. The molecule has 100 valence electrons. The van der Waals surface area contributed by atoms with E-state index in [1.54, 1.807) is 11.8 Å². The van der Waals surface area contributed by atoms with Crippen molar-refractivity contribution in [3.63, 3.8) is 0 Å². The van der Waals surface area contributed by atoms with Gasteiger partial charge < -0.3 is 9.32 Å². The maximum atomic E-state index is 5.65. The van der Waals surface area contributed by atoms with Crippen molar-refractivity contribution >= 4 is 35.3 Å². The molecule has 0 fully saturated rings. The molecule has 0 amide bonds. The number of benzene rings is 1. The third-order valence-electron chi connectivity index (χ3n) is 2.80. The molecular formula is C13H19ClN2OS. The molecular weight excluding hydrogens is 268 g/mol. The second kappa shape index (κ2) is 7.67. The Bertz CT molecular complexity index is 438. The average molecular weight is 287 g/mol. The van der Waals surface area contributed by atoms with Gasteiger partial charge in [0.2, 0.25) is 0 Å². The van der Waals surface area contributed by atoms with Gasteiger partial charge in [-0.2, -0.15) is 0 Å². The molecule has 1 heterocycles. The van der Waals surface area contributed by atoms with Crippen LogP contribution in [0.1, 0.15) is 13.8 Å². The zero-order chi connectivity index (χ0) is 12.1. The molecule has 0 aliphatic heterocycles. The molecule has 2 aromatic rings. The lowest BCUT2D eigenvalue weighted by Gasteiger charge is -2.16. The number of aromatic nitrogens is 1. The van der Waals surface area contributed by atoms with Crippen LogP contribution in [0.15, 0.2) is 33.9 Å². The van der Waals surface area contributed by atoms with E-state index in [1.807, 2.05) is 24.3 Å². The molecule has 0 saturated heterocycles. The van der Waals surface area contributed by atoms with Gasteiger partial charge in [-0.1, -0.05) is 37.7 Å². The second-order valence-corrected chi connectivity index (χ2v) is 4.87. The number of hydrogen-bond donors (Lipinski definition) is 0. The molecule has 1 aromatic heterocycles. The first kappa shape index (κ1) is 15.3. The van der Waals surface area contributed by atoms with Gasteiger partial charge in [0.1, 0.15) is 5.52 Å². The fourth-order valence-electron chi connectivity index (χ4n) is 1.71. The van der Waals surface area contributed by atoms with Gasteiger partial charge in [-0.25, -0.2) is 4.98 Å². The van der Waals surface area contributed by atoms with Gasteiger partial charge in [-0.05, 0) is 25.2 Å². The zero-order valence-corrected chi connectivity index (χ0v) is 12.4. The van der Waals surface area contributed by atoms with Crippen molar-refractivity contribution in [3.8, 4) is 0 Å². The van der Waals surface area contributed by atoms with E-state index in [0.29, 0.717) is 0 Å². The van der Waals surface area contributed by atoms with Crippen LogP contribution < -0.4 is 0 Å². The van der Waals surface area contributed by atoms with E-state index in [9.17, 15) is 0 Å². The number of nitrogens with zero attached hydrogens (tertiary/aromatic N) is 2. The van der Waals surface area contributed by atoms with E-state index >= 15 is 0 Å². The maximum absolute atomic E-state index is 5.65. The van der Waals surface area contributed by atoms with E-state index in [1.165, 1.54) is 0 Å². The standard InChI is InChI=1S/C13H18N2OS.ClH/c1-3-15(4-2)9-10-17-13-14-11-7-5-6-8-12(11)16-13;/h5-8H,3-4,9-10H2,1-2H3;1H. The summed E-state index contributed by atoms with van der Waals surface area (Å²) in [5.74, 6) is 1.02. The van der Waals surface area contributed by atoms with Crippen molar-refractivity contribution in [1.82, 2.24) is 9.88 Å². The predicted molar refractivity (Wildman–Crippen MR) is 79.8 cm³/mol. The van der Waals surface area contributed by atoms with Crippen LogP contribution >= 0.6 is 24.2 Å². The van der Waals surface area contributed by atoms with Gasteiger partial charge in [0.15, 0.2) is 5.58 Å². The average Bonchev–Trinajstić information content (AvgIpc) is 2.77. The monoisotopic (exact) mass is 286 g/mol. The summed E-state index contributed by atoms with van der Waals surface area (Å²) in [6.45, 7) is 7.66. The van der Waals surface area contributed by atoms with Gasteiger partial charge in [0.25, 0.3) is 5.22 Å². The summed E-state index contributed by atoms with van der Waals surface area (Å²) in [4.78, 5) is 6.84. The number of fused-ring (bicyclic) bond motifs is 1. The van der Waals surface area contributed by atoms with Gasteiger partial charge >= 0.3 is 0 Å². The molecule has 0 spiro atoms. The zero-order valence-electron chi connectivity index (χ0n) is 10.8.